The average molecular weight is 1260 g/mol. The number of hydrogen-bond donors (Lipinski definition) is 7. The molecule has 0 unspecified atom stereocenters. The zero-order valence-corrected chi connectivity index (χ0v) is 58.6. The summed E-state index contributed by atoms with van der Waals surface area (Å²) in [6.45, 7) is 36.2. The number of carboxylic acids is 2. The van der Waals surface area contributed by atoms with Crippen LogP contribution in [0.5, 0.6) is 11.5 Å². The first kappa shape index (κ1) is 81.8. The van der Waals surface area contributed by atoms with E-state index in [0.29, 0.717) is 52.0 Å². The van der Waals surface area contributed by atoms with Crippen molar-refractivity contribution in [3.63, 3.8) is 0 Å². The molecule has 0 fully saturated rings. The van der Waals surface area contributed by atoms with Gasteiger partial charge in [-0.25, -0.2) is 9.59 Å². The number of thiol groups is 1. The smallest absolute Gasteiger partial charge is 0.331 e. The van der Waals surface area contributed by atoms with Crippen LogP contribution in [0.2, 0.25) is 0 Å². The molecule has 0 aliphatic rings. The van der Waals surface area contributed by atoms with Crippen LogP contribution in [0.4, 0.5) is 0 Å². The lowest BCUT2D eigenvalue weighted by atomic mass is 9.76. The largest absolute Gasteiger partial charge is 0.494 e. The number of nitrogens with one attached hydrogen (secondary N) is 4. The van der Waals surface area contributed by atoms with Crippen LogP contribution < -0.4 is 30.7 Å². The van der Waals surface area contributed by atoms with Crippen LogP contribution in [0.1, 0.15) is 129 Å². The van der Waals surface area contributed by atoms with Crippen molar-refractivity contribution in [3.8, 4) is 11.5 Å². The van der Waals surface area contributed by atoms with E-state index in [9.17, 15) is 39.0 Å². The molecule has 0 radical (unpaired) electrons. The summed E-state index contributed by atoms with van der Waals surface area (Å²) in [7, 11) is 6.76. The Kier molecular flexibility index (Phi) is 37.4. The Bertz CT molecular complexity index is 2450. The van der Waals surface area contributed by atoms with Crippen LogP contribution in [0.25, 0.3) is 0 Å². The number of benzene rings is 2. The van der Waals surface area contributed by atoms with Crippen LogP contribution in [-0.4, -0.2) is 191 Å². The van der Waals surface area contributed by atoms with Gasteiger partial charge in [-0.2, -0.15) is 24.4 Å². The summed E-state index contributed by atoms with van der Waals surface area (Å²) in [5.41, 5.74) is -0.254. The van der Waals surface area contributed by atoms with Crippen molar-refractivity contribution in [2.75, 3.05) is 99.3 Å². The third-order valence-electron chi connectivity index (χ3n) is 15.0. The van der Waals surface area contributed by atoms with E-state index in [-0.39, 0.29) is 46.6 Å². The highest BCUT2D eigenvalue weighted by atomic mass is 32.2. The minimum atomic E-state index is -1.04. The molecule has 2 aromatic carbocycles. The first-order chi connectivity index (χ1) is 40.5. The van der Waals surface area contributed by atoms with Crippen molar-refractivity contribution in [2.24, 2.45) is 22.7 Å². The van der Waals surface area contributed by atoms with Gasteiger partial charge in [0.05, 0.1) is 70.4 Å². The van der Waals surface area contributed by atoms with Gasteiger partial charge in [-0.1, -0.05) is 133 Å². The van der Waals surface area contributed by atoms with Crippen molar-refractivity contribution < 1.29 is 62.7 Å². The fraction of sp³-hybridized carbons (Fsp3) is 0.667. The Morgan fingerprint density at radius 3 is 1.13 bits per heavy atom. The predicted molar refractivity (Wildman–Crippen MR) is 355 cm³/mol. The molecular weight excluding hydrogens is 1150 g/mol. The molecule has 6 atom stereocenters. The molecule has 4 amide bonds. The maximum atomic E-state index is 13.9. The number of likely N-dealkylation sites (N-methyl/N-ethyl adjacent to an activating group) is 4. The summed E-state index contributed by atoms with van der Waals surface area (Å²) < 4.78 is 27.9. The fourth-order valence-electron chi connectivity index (χ4n) is 9.61. The number of amides is 4. The number of carbonyl (C=O) groups is 6. The van der Waals surface area contributed by atoms with E-state index >= 15 is 0 Å². The van der Waals surface area contributed by atoms with Crippen LogP contribution in [0, 0.1) is 22.7 Å². The van der Waals surface area contributed by atoms with Gasteiger partial charge in [0.1, 0.15) is 30.2 Å². The molecular formula is C66H112N6O13S2. The van der Waals surface area contributed by atoms with Crippen molar-refractivity contribution in [1.29, 1.82) is 0 Å². The first-order valence-corrected chi connectivity index (χ1v) is 32.2. The summed E-state index contributed by atoms with van der Waals surface area (Å²) >= 11 is 5.28. The summed E-state index contributed by atoms with van der Waals surface area (Å²) in [5.74, 6) is -0.865. The number of carboxylic acid groups (broad SMARTS) is 2. The number of rotatable bonds is 35. The molecule has 496 valence electrons. The SMILES string of the molecule is CCOc1ccc(C(C)(C)[C@H](NC)C(=O)N[C@H](C(=O)N(C)[C@H](/C=C(\C)C(=O)O)C(C)C)C(C)(C)C)cc1.CN[C@H](C(=O)N[C@H](C(=O)N(C)[C@H](/C=C(\C)C(=O)O)C(C)C)C(C)(C)C)C(C)(C)c1ccc(OCCOCCOCCOCCSC)cc1.CS. The molecule has 0 heterocycles. The van der Waals surface area contributed by atoms with Gasteiger partial charge in [-0.05, 0) is 105 Å². The van der Waals surface area contributed by atoms with E-state index in [1.165, 1.54) is 18.7 Å². The molecule has 19 nitrogen and oxygen atoms in total. The molecule has 0 bridgehead atoms. The van der Waals surface area contributed by atoms with Crippen molar-refractivity contribution in [1.82, 2.24) is 31.1 Å². The van der Waals surface area contributed by atoms with E-state index in [4.69, 9.17) is 23.7 Å². The highest BCUT2D eigenvalue weighted by Crippen LogP contribution is 2.33. The predicted octanol–water partition coefficient (Wildman–Crippen LogP) is 8.93. The molecule has 21 heteroatoms. The average Bonchev–Trinajstić information content (AvgIpc) is 1.18. The van der Waals surface area contributed by atoms with Crippen LogP contribution in [-0.2, 0) is 53.8 Å². The van der Waals surface area contributed by atoms with E-state index in [1.807, 2.05) is 159 Å². The lowest BCUT2D eigenvalue weighted by Gasteiger charge is -2.40. The maximum absolute atomic E-state index is 13.9. The topological polar surface area (TPSA) is 244 Å². The Morgan fingerprint density at radius 1 is 0.540 bits per heavy atom. The van der Waals surface area contributed by atoms with E-state index < -0.39 is 69.8 Å². The van der Waals surface area contributed by atoms with Gasteiger partial charge < -0.3 is 65.0 Å². The molecule has 0 aliphatic carbocycles. The summed E-state index contributed by atoms with van der Waals surface area (Å²) in [5, 5.41) is 31.1. The number of nitrogens with zero attached hydrogens (tertiary/aromatic N) is 2. The zero-order valence-electron chi connectivity index (χ0n) is 56.9. The number of aliphatic carboxylic acids is 2. The number of ether oxygens (including phenoxy) is 5. The molecule has 2 aromatic rings. The zero-order chi connectivity index (χ0) is 67.2. The molecule has 0 aromatic heterocycles. The second kappa shape index (κ2) is 39.8. The Morgan fingerprint density at radius 2 is 0.851 bits per heavy atom. The summed E-state index contributed by atoms with van der Waals surface area (Å²) in [4.78, 5) is 81.2. The Labute approximate surface area is 532 Å². The third kappa shape index (κ3) is 27.2. The normalized spacial score (nSPS) is 14.4. The molecule has 0 saturated heterocycles. The van der Waals surface area contributed by atoms with Crippen LogP contribution in [0.15, 0.2) is 71.8 Å². The molecule has 0 saturated carbocycles. The highest BCUT2D eigenvalue weighted by Gasteiger charge is 2.44. The standard InChI is InChI=1S/C36H61N3O8S.C29H47N3O5.CH4S/c1-25(2)29(24-26(3)34(42)43)39(10)33(41)31(35(4,5)6)38-32(40)30(37-9)36(7,8)27-12-14-28(15-13-27)47-21-20-45-17-16-44-18-19-46-22-23-48-11;1-12-37-21-15-13-20(14-16-21)29(8,9)23(30-10)25(33)31-24(28(5,6)7)26(34)32(11)22(18(2)3)17-19(4)27(35)36;1-2/h12-15,24-25,29-31,37H,16-23H2,1-11H3,(H,38,40)(H,42,43);13-18,22-24,30H,12H2,1-11H3,(H,31,33)(H,35,36);2H,1H3/b26-24+;19-17+;/t29-,30-,31-;22-,23-,24-;/m11./s1. The molecule has 0 aliphatic heterocycles. The lowest BCUT2D eigenvalue weighted by molar-refractivity contribution is -0.141. The third-order valence-corrected chi connectivity index (χ3v) is 15.6. The van der Waals surface area contributed by atoms with Crippen LogP contribution in [0.3, 0.4) is 0 Å². The number of hydrogen-bond acceptors (Lipinski definition) is 15. The van der Waals surface area contributed by atoms with Gasteiger partial charge in [0.2, 0.25) is 23.6 Å². The summed E-state index contributed by atoms with van der Waals surface area (Å²) in [6, 6.07) is 11.4. The Balaban J connectivity index is 0.00000170. The van der Waals surface area contributed by atoms with Gasteiger partial charge in [0, 0.05) is 41.8 Å². The van der Waals surface area contributed by atoms with Crippen LogP contribution >= 0.6 is 24.4 Å². The highest BCUT2D eigenvalue weighted by molar-refractivity contribution is 7.98. The first-order valence-electron chi connectivity index (χ1n) is 29.9. The van der Waals surface area contributed by atoms with Gasteiger partial charge >= 0.3 is 11.9 Å². The minimum Gasteiger partial charge on any atom is -0.494 e. The van der Waals surface area contributed by atoms with Gasteiger partial charge in [-0.15, -0.1) is 0 Å². The lowest BCUT2D eigenvalue weighted by Crippen LogP contribution is -2.61. The second-order valence-corrected chi connectivity index (χ2v) is 26.3. The molecule has 87 heavy (non-hydrogen) atoms. The monoisotopic (exact) mass is 1260 g/mol. The molecule has 0 spiro atoms. The maximum Gasteiger partial charge on any atom is 0.331 e. The quantitative estimate of drug-likeness (QED) is 0.0193. The van der Waals surface area contributed by atoms with Gasteiger partial charge in [-0.3, -0.25) is 19.2 Å². The van der Waals surface area contributed by atoms with Crippen molar-refractivity contribution in [3.05, 3.63) is 83.0 Å². The number of thioether (sulfide) groups is 1. The molecule has 2 rings (SSSR count). The molecule has 6 N–H and O–H groups in total. The number of carbonyl (C=O) groups excluding carboxylic acids is 4. The van der Waals surface area contributed by atoms with Crippen molar-refractivity contribution >= 4 is 60.0 Å². The Hall–Kier alpha value is -5.16. The van der Waals surface area contributed by atoms with E-state index in [2.05, 4.69) is 33.9 Å². The summed E-state index contributed by atoms with van der Waals surface area (Å²) in [6.07, 6.45) is 6.93. The minimum absolute atomic E-state index is 0.0248. The van der Waals surface area contributed by atoms with Gasteiger partial charge in [0.25, 0.3) is 0 Å². The van der Waals surface area contributed by atoms with E-state index in [0.717, 1.165) is 29.2 Å². The second-order valence-electron chi connectivity index (χ2n) is 25.3. The van der Waals surface area contributed by atoms with Crippen molar-refractivity contribution in [2.45, 2.75) is 165 Å². The van der Waals surface area contributed by atoms with Gasteiger partial charge in [0.15, 0.2) is 0 Å². The van der Waals surface area contributed by atoms with E-state index in [1.54, 1.807) is 63.3 Å². The fourth-order valence-corrected chi connectivity index (χ4v) is 9.90.